The fraction of sp³-hybridized carbons (Fsp3) is 0.500. The van der Waals surface area contributed by atoms with Crippen LogP contribution in [-0.4, -0.2) is 13.9 Å². The van der Waals surface area contributed by atoms with E-state index >= 15 is 0 Å². The molecule has 1 aromatic carbocycles. The predicted molar refractivity (Wildman–Crippen MR) is 75.6 cm³/mol. The molecule has 4 aliphatic rings. The average Bonchev–Trinajstić information content (AvgIpc) is 2.79. The van der Waals surface area contributed by atoms with Gasteiger partial charge in [-0.15, -0.1) is 0 Å². The number of aromatic nitrogens is 3. The second kappa shape index (κ2) is 2.80. The molecule has 0 N–H and O–H groups in total. The zero-order valence-electron chi connectivity index (χ0n) is 11.6. The first-order valence-electron chi connectivity index (χ1n) is 7.67. The maximum atomic E-state index is 12.8. The van der Waals surface area contributed by atoms with Crippen LogP contribution in [0, 0.1) is 23.2 Å². The van der Waals surface area contributed by atoms with Crippen LogP contribution in [0.5, 0.6) is 0 Å². The third-order valence-electron chi connectivity index (χ3n) is 6.80. The van der Waals surface area contributed by atoms with Gasteiger partial charge >= 0.3 is 11.4 Å². The van der Waals surface area contributed by atoms with Gasteiger partial charge in [0.2, 0.25) is 0 Å². The van der Waals surface area contributed by atoms with Gasteiger partial charge in [0.25, 0.3) is 0 Å². The molecule has 3 aliphatic carbocycles. The van der Waals surface area contributed by atoms with Gasteiger partial charge in [0.15, 0.2) is 0 Å². The summed E-state index contributed by atoms with van der Waals surface area (Å²) in [7, 11) is 0. The second-order valence-electron chi connectivity index (χ2n) is 7.25. The number of hydrogen-bond donors (Lipinski definition) is 0. The molecule has 3 saturated carbocycles. The van der Waals surface area contributed by atoms with Crippen LogP contribution in [0.1, 0.15) is 25.4 Å². The Morgan fingerprint density at radius 2 is 1.81 bits per heavy atom. The van der Waals surface area contributed by atoms with Gasteiger partial charge < -0.3 is 0 Å². The van der Waals surface area contributed by atoms with Crippen LogP contribution in [0.15, 0.2) is 39.9 Å². The summed E-state index contributed by atoms with van der Waals surface area (Å²) in [6.07, 6.45) is 1.08. The molecule has 0 spiro atoms. The van der Waals surface area contributed by atoms with Crippen LogP contribution in [0.3, 0.4) is 0 Å². The van der Waals surface area contributed by atoms with E-state index in [0.29, 0.717) is 17.0 Å². The fourth-order valence-corrected chi connectivity index (χ4v) is 6.03. The number of hydrogen-bond acceptors (Lipinski definition) is 2. The second-order valence-corrected chi connectivity index (χ2v) is 7.25. The van der Waals surface area contributed by atoms with Crippen molar-refractivity contribution in [1.82, 2.24) is 13.9 Å². The summed E-state index contributed by atoms with van der Waals surface area (Å²) in [4.78, 5) is 25.7. The Morgan fingerprint density at radius 1 is 1.10 bits per heavy atom. The van der Waals surface area contributed by atoms with Gasteiger partial charge in [0.1, 0.15) is 0 Å². The van der Waals surface area contributed by atoms with Crippen molar-refractivity contribution in [3.05, 3.63) is 51.3 Å². The van der Waals surface area contributed by atoms with E-state index in [1.165, 1.54) is 4.57 Å². The highest BCUT2D eigenvalue weighted by Crippen LogP contribution is 2.89. The number of nitrogens with zero attached hydrogens (tertiary/aromatic N) is 3. The van der Waals surface area contributed by atoms with E-state index in [2.05, 4.69) is 6.92 Å². The van der Waals surface area contributed by atoms with E-state index < -0.39 is 0 Å². The molecule has 2 aromatic rings. The largest absolute Gasteiger partial charge is 0.352 e. The lowest BCUT2D eigenvalue weighted by atomic mass is 9.66. The highest BCUT2D eigenvalue weighted by molar-refractivity contribution is 5.36. The zero-order valence-corrected chi connectivity index (χ0v) is 11.6. The molecule has 0 unspecified atom stereocenters. The first-order valence-corrected chi connectivity index (χ1v) is 7.67. The predicted octanol–water partition coefficient (Wildman–Crippen LogP) is 1.18. The van der Waals surface area contributed by atoms with E-state index in [4.69, 9.17) is 0 Å². The van der Waals surface area contributed by atoms with Crippen LogP contribution in [0.25, 0.3) is 5.69 Å². The molecule has 5 nitrogen and oxygen atoms in total. The number of fused-ring (bicyclic) bond motifs is 5. The van der Waals surface area contributed by atoms with Gasteiger partial charge in [-0.2, -0.15) is 0 Å². The first kappa shape index (κ1) is 10.7. The van der Waals surface area contributed by atoms with Crippen molar-refractivity contribution in [2.24, 2.45) is 23.2 Å². The maximum absolute atomic E-state index is 12.8. The van der Waals surface area contributed by atoms with Gasteiger partial charge in [0, 0.05) is 5.92 Å². The molecule has 1 aromatic heterocycles. The van der Waals surface area contributed by atoms with E-state index in [9.17, 15) is 9.59 Å². The minimum absolute atomic E-state index is 0.157. The lowest BCUT2D eigenvalue weighted by Crippen LogP contribution is -2.42. The maximum Gasteiger partial charge on any atom is 0.352 e. The summed E-state index contributed by atoms with van der Waals surface area (Å²) < 4.78 is 4.90. The van der Waals surface area contributed by atoms with E-state index in [1.54, 1.807) is 9.36 Å². The van der Waals surface area contributed by atoms with Crippen molar-refractivity contribution in [3.8, 4) is 5.69 Å². The summed E-state index contributed by atoms with van der Waals surface area (Å²) in [5.41, 5.74) is 0.648. The Hall–Kier alpha value is -2.04. The average molecular weight is 281 g/mol. The molecule has 0 saturated heterocycles. The van der Waals surface area contributed by atoms with Crippen molar-refractivity contribution in [2.75, 3.05) is 0 Å². The molecule has 106 valence electrons. The highest BCUT2D eigenvalue weighted by Gasteiger charge is 2.87. The Morgan fingerprint density at radius 3 is 2.52 bits per heavy atom. The summed E-state index contributed by atoms with van der Waals surface area (Å²) in [6.45, 7) is 2.30. The minimum atomic E-state index is -0.158. The van der Waals surface area contributed by atoms with Crippen LogP contribution in [0.4, 0.5) is 0 Å². The Balaban J connectivity index is 1.66. The number of rotatable bonds is 1. The van der Waals surface area contributed by atoms with Crippen molar-refractivity contribution in [2.45, 2.75) is 25.4 Å². The van der Waals surface area contributed by atoms with Gasteiger partial charge in [-0.1, -0.05) is 25.1 Å². The molecule has 6 atom stereocenters. The lowest BCUT2D eigenvalue weighted by Gasteiger charge is -2.39. The molecular formula is C16H15N3O2. The third-order valence-corrected chi connectivity index (χ3v) is 6.80. The normalized spacial score (nSPS) is 43.4. The highest BCUT2D eigenvalue weighted by atomic mass is 16.2. The Kier molecular flexibility index (Phi) is 1.42. The van der Waals surface area contributed by atoms with Gasteiger partial charge in [0.05, 0.1) is 17.8 Å². The van der Waals surface area contributed by atoms with Crippen LogP contribution >= 0.6 is 0 Å². The standard InChI is InChI=1S/C16H15N3O2/c1-16-9-7-10-11(12(9)16)13(16)19-15(21)17(14(20)18(10)19)8-5-3-2-4-6-8/h2-6,9-13H,7H2,1H3/t9-,10-,11-,12+,13-,16+/m1/s1. The SMILES string of the molecule is C[C@@]12[C@@H]3[C@H]4[C@@H](C[C@H]31)n1c(=O)n(-c3ccccc3)c(=O)n1[C@H]42. The molecule has 2 heterocycles. The third kappa shape index (κ3) is 0.836. The molecule has 0 bridgehead atoms. The van der Waals surface area contributed by atoms with Crippen LogP contribution in [-0.2, 0) is 0 Å². The fourth-order valence-electron chi connectivity index (χ4n) is 6.03. The molecule has 5 heteroatoms. The quantitative estimate of drug-likeness (QED) is 0.788. The van der Waals surface area contributed by atoms with Gasteiger partial charge in [-0.3, -0.25) is 0 Å². The van der Waals surface area contributed by atoms with Gasteiger partial charge in [-0.05, 0) is 35.8 Å². The number of para-hydroxylation sites is 1. The summed E-state index contributed by atoms with van der Waals surface area (Å²) in [5, 5.41) is 0. The van der Waals surface area contributed by atoms with Crippen LogP contribution in [0.2, 0.25) is 0 Å². The van der Waals surface area contributed by atoms with Crippen molar-refractivity contribution < 1.29 is 0 Å². The first-order chi connectivity index (χ1) is 10.2. The summed E-state index contributed by atoms with van der Waals surface area (Å²) >= 11 is 0. The molecular weight excluding hydrogens is 266 g/mol. The summed E-state index contributed by atoms with van der Waals surface area (Å²) in [5.74, 6) is 2.06. The van der Waals surface area contributed by atoms with Crippen molar-refractivity contribution in [3.63, 3.8) is 0 Å². The van der Waals surface area contributed by atoms with E-state index in [1.807, 2.05) is 30.3 Å². The van der Waals surface area contributed by atoms with Gasteiger partial charge in [-0.25, -0.2) is 23.5 Å². The molecule has 0 amide bonds. The monoisotopic (exact) mass is 281 g/mol. The molecule has 1 aliphatic heterocycles. The summed E-state index contributed by atoms with van der Waals surface area (Å²) in [6, 6.07) is 9.78. The molecule has 0 radical (unpaired) electrons. The van der Waals surface area contributed by atoms with E-state index in [-0.39, 0.29) is 23.5 Å². The minimum Gasteiger partial charge on any atom is -0.245 e. The zero-order chi connectivity index (χ0) is 14.1. The van der Waals surface area contributed by atoms with Crippen molar-refractivity contribution in [1.29, 1.82) is 0 Å². The number of benzene rings is 1. The molecule has 21 heavy (non-hydrogen) atoms. The van der Waals surface area contributed by atoms with Crippen molar-refractivity contribution >= 4 is 0 Å². The Bertz CT molecular complexity index is 915. The molecule has 6 rings (SSSR count). The van der Waals surface area contributed by atoms with Crippen LogP contribution < -0.4 is 11.4 Å². The van der Waals surface area contributed by atoms with E-state index in [0.717, 1.165) is 18.3 Å². The molecule has 3 fully saturated rings. The Labute approximate surface area is 120 Å². The topological polar surface area (TPSA) is 48.9 Å². The smallest absolute Gasteiger partial charge is 0.245 e. The lowest BCUT2D eigenvalue weighted by molar-refractivity contribution is 0.0768.